The van der Waals surface area contributed by atoms with E-state index in [9.17, 15) is 4.79 Å². The van der Waals surface area contributed by atoms with Crippen LogP contribution < -0.4 is 0 Å². The predicted octanol–water partition coefficient (Wildman–Crippen LogP) is 4.37. The number of carbonyl (C=O) groups excluding carboxylic acids is 1. The van der Waals surface area contributed by atoms with Gasteiger partial charge in [0.1, 0.15) is 11.9 Å². The number of alkyl halides is 1. The van der Waals surface area contributed by atoms with Gasteiger partial charge in [0, 0.05) is 10.4 Å². The highest BCUT2D eigenvalue weighted by atomic mass is 79.9. The van der Waals surface area contributed by atoms with Gasteiger partial charge in [0.25, 0.3) is 0 Å². The minimum atomic E-state index is -0.551. The summed E-state index contributed by atoms with van der Waals surface area (Å²) in [5.74, 6) is 0. The van der Waals surface area contributed by atoms with Gasteiger partial charge in [0.15, 0.2) is 0 Å². The molecule has 0 fully saturated rings. The molecule has 2 aromatic rings. The molecule has 0 radical (unpaired) electrons. The molecular formula is C13H14BrClN2O2. The molecule has 0 saturated heterocycles. The molecule has 0 atom stereocenters. The lowest BCUT2D eigenvalue weighted by Gasteiger charge is -2.19. The zero-order chi connectivity index (χ0) is 14.2. The first-order valence-corrected chi connectivity index (χ1v) is 7.26. The molecule has 1 aromatic heterocycles. The molecule has 0 amide bonds. The fraction of sp³-hybridized carbons (Fsp3) is 0.385. The molecule has 19 heavy (non-hydrogen) atoms. The van der Waals surface area contributed by atoms with Gasteiger partial charge >= 0.3 is 6.09 Å². The van der Waals surface area contributed by atoms with E-state index in [1.54, 1.807) is 6.07 Å². The molecular weight excluding hydrogens is 332 g/mol. The van der Waals surface area contributed by atoms with Crippen molar-refractivity contribution in [3.8, 4) is 0 Å². The summed E-state index contributed by atoms with van der Waals surface area (Å²) in [6.45, 7) is 5.46. The van der Waals surface area contributed by atoms with E-state index in [4.69, 9.17) is 16.3 Å². The Morgan fingerprint density at radius 3 is 2.74 bits per heavy atom. The second-order valence-corrected chi connectivity index (χ2v) is 6.16. The number of hydrogen-bond donors (Lipinski definition) is 0. The van der Waals surface area contributed by atoms with Crippen molar-refractivity contribution < 1.29 is 9.53 Å². The Bertz CT molecular complexity index is 631. The van der Waals surface area contributed by atoms with E-state index < -0.39 is 11.7 Å². The van der Waals surface area contributed by atoms with Gasteiger partial charge in [-0.3, -0.25) is 0 Å². The Kier molecular flexibility index (Phi) is 3.87. The van der Waals surface area contributed by atoms with Gasteiger partial charge in [-0.25, -0.2) is 14.3 Å². The smallest absolute Gasteiger partial charge is 0.420 e. The van der Waals surface area contributed by atoms with Gasteiger partial charge < -0.3 is 4.74 Å². The summed E-state index contributed by atoms with van der Waals surface area (Å²) in [5, 5.41) is 1.18. The second kappa shape index (κ2) is 5.13. The van der Waals surface area contributed by atoms with E-state index in [0.29, 0.717) is 15.9 Å². The van der Waals surface area contributed by atoms with Gasteiger partial charge in [-0.2, -0.15) is 0 Å². The molecule has 0 saturated carbocycles. The Morgan fingerprint density at radius 2 is 2.16 bits per heavy atom. The van der Waals surface area contributed by atoms with Crippen LogP contribution in [0.4, 0.5) is 4.79 Å². The maximum absolute atomic E-state index is 12.1. The van der Waals surface area contributed by atoms with E-state index >= 15 is 0 Å². The third-order valence-corrected chi connectivity index (χ3v) is 3.25. The SMILES string of the molecule is CC(C)(C)OC(=O)n1cnc2c(CBr)cc(Cl)cc21. The topological polar surface area (TPSA) is 44.1 Å². The fourth-order valence-electron chi connectivity index (χ4n) is 1.71. The molecule has 1 heterocycles. The molecule has 0 bridgehead atoms. The summed E-state index contributed by atoms with van der Waals surface area (Å²) in [5.41, 5.74) is 1.78. The number of hydrogen-bond acceptors (Lipinski definition) is 3. The van der Waals surface area contributed by atoms with Crippen LogP contribution in [0.2, 0.25) is 5.02 Å². The van der Waals surface area contributed by atoms with E-state index in [0.717, 1.165) is 11.1 Å². The van der Waals surface area contributed by atoms with Crippen LogP contribution in [-0.4, -0.2) is 21.2 Å². The molecule has 2 rings (SSSR count). The van der Waals surface area contributed by atoms with Crippen molar-refractivity contribution in [2.45, 2.75) is 31.7 Å². The summed E-state index contributed by atoms with van der Waals surface area (Å²) in [4.78, 5) is 16.3. The molecule has 0 spiro atoms. The third kappa shape index (κ3) is 3.09. The van der Waals surface area contributed by atoms with E-state index in [2.05, 4.69) is 20.9 Å². The number of halogens is 2. The normalized spacial score (nSPS) is 11.8. The van der Waals surface area contributed by atoms with Gasteiger partial charge in [-0.05, 0) is 38.5 Å². The molecule has 0 aliphatic rings. The largest absolute Gasteiger partial charge is 0.443 e. The number of ether oxygens (including phenoxy) is 1. The molecule has 0 unspecified atom stereocenters. The average molecular weight is 346 g/mol. The highest BCUT2D eigenvalue weighted by Crippen LogP contribution is 2.25. The number of rotatable bonds is 1. The number of imidazole rings is 1. The lowest BCUT2D eigenvalue weighted by Crippen LogP contribution is -2.26. The number of benzene rings is 1. The Hall–Kier alpha value is -1.07. The highest BCUT2D eigenvalue weighted by molar-refractivity contribution is 9.08. The summed E-state index contributed by atoms with van der Waals surface area (Å²) in [6, 6.07) is 3.53. The van der Waals surface area contributed by atoms with Crippen molar-refractivity contribution >= 4 is 44.7 Å². The molecule has 0 aliphatic carbocycles. The molecule has 1 aromatic carbocycles. The maximum Gasteiger partial charge on any atom is 0.420 e. The molecule has 0 N–H and O–H groups in total. The molecule has 6 heteroatoms. The number of aromatic nitrogens is 2. The van der Waals surface area contributed by atoms with Crippen LogP contribution in [-0.2, 0) is 10.1 Å². The van der Waals surface area contributed by atoms with Crippen molar-refractivity contribution in [2.75, 3.05) is 0 Å². The van der Waals surface area contributed by atoms with E-state index in [1.807, 2.05) is 26.8 Å². The summed E-state index contributed by atoms with van der Waals surface area (Å²) >= 11 is 9.44. The quantitative estimate of drug-likeness (QED) is 0.721. The first-order valence-electron chi connectivity index (χ1n) is 5.76. The van der Waals surface area contributed by atoms with Crippen molar-refractivity contribution in [3.63, 3.8) is 0 Å². The van der Waals surface area contributed by atoms with Crippen molar-refractivity contribution in [2.24, 2.45) is 0 Å². The van der Waals surface area contributed by atoms with Crippen LogP contribution in [0.3, 0.4) is 0 Å². The summed E-state index contributed by atoms with van der Waals surface area (Å²) < 4.78 is 6.71. The van der Waals surface area contributed by atoms with E-state index in [-0.39, 0.29) is 0 Å². The van der Waals surface area contributed by atoms with Crippen LogP contribution in [0.25, 0.3) is 11.0 Å². The predicted molar refractivity (Wildman–Crippen MR) is 79.0 cm³/mol. The number of fused-ring (bicyclic) bond motifs is 1. The maximum atomic E-state index is 12.1. The van der Waals surface area contributed by atoms with Crippen molar-refractivity contribution in [1.82, 2.24) is 9.55 Å². The second-order valence-electron chi connectivity index (χ2n) is 5.16. The lowest BCUT2D eigenvalue weighted by molar-refractivity contribution is 0.0543. The molecule has 4 nitrogen and oxygen atoms in total. The fourth-order valence-corrected chi connectivity index (χ4v) is 2.37. The molecule has 102 valence electrons. The zero-order valence-corrected chi connectivity index (χ0v) is 13.2. The monoisotopic (exact) mass is 344 g/mol. The van der Waals surface area contributed by atoms with Crippen LogP contribution in [0.1, 0.15) is 26.3 Å². The molecule has 0 aliphatic heterocycles. The minimum absolute atomic E-state index is 0.460. The Balaban J connectivity index is 2.51. The number of carbonyl (C=O) groups is 1. The van der Waals surface area contributed by atoms with Crippen molar-refractivity contribution in [3.05, 3.63) is 29.0 Å². The first kappa shape index (κ1) is 14.3. The van der Waals surface area contributed by atoms with Crippen LogP contribution in [0.15, 0.2) is 18.5 Å². The standard InChI is InChI=1S/C13H14BrClN2O2/c1-13(2,3)19-12(18)17-7-16-11-8(6-14)4-9(15)5-10(11)17/h4-5,7H,6H2,1-3H3. The third-order valence-electron chi connectivity index (χ3n) is 2.43. The summed E-state index contributed by atoms with van der Waals surface area (Å²) in [7, 11) is 0. The van der Waals surface area contributed by atoms with Gasteiger partial charge in [0.05, 0.1) is 11.0 Å². The minimum Gasteiger partial charge on any atom is -0.443 e. The van der Waals surface area contributed by atoms with Gasteiger partial charge in [-0.15, -0.1) is 0 Å². The Morgan fingerprint density at radius 1 is 1.47 bits per heavy atom. The van der Waals surface area contributed by atoms with Crippen LogP contribution in [0.5, 0.6) is 0 Å². The van der Waals surface area contributed by atoms with Gasteiger partial charge in [-0.1, -0.05) is 27.5 Å². The van der Waals surface area contributed by atoms with Crippen LogP contribution >= 0.6 is 27.5 Å². The number of nitrogens with zero attached hydrogens (tertiary/aromatic N) is 2. The summed E-state index contributed by atoms with van der Waals surface area (Å²) in [6.07, 6.45) is 0.999. The van der Waals surface area contributed by atoms with Crippen molar-refractivity contribution in [1.29, 1.82) is 0 Å². The van der Waals surface area contributed by atoms with Crippen LogP contribution in [0, 0.1) is 0 Å². The van der Waals surface area contributed by atoms with E-state index in [1.165, 1.54) is 10.9 Å². The first-order chi connectivity index (χ1) is 8.81. The zero-order valence-electron chi connectivity index (χ0n) is 10.9. The average Bonchev–Trinajstić information content (AvgIpc) is 2.69. The Labute approximate surface area is 124 Å². The van der Waals surface area contributed by atoms with Gasteiger partial charge in [0.2, 0.25) is 0 Å². The highest BCUT2D eigenvalue weighted by Gasteiger charge is 2.20. The lowest BCUT2D eigenvalue weighted by atomic mass is 10.2.